The van der Waals surface area contributed by atoms with Gasteiger partial charge < -0.3 is 10.0 Å². The summed E-state index contributed by atoms with van der Waals surface area (Å²) in [5.41, 5.74) is 2.31. The van der Waals surface area contributed by atoms with Gasteiger partial charge in [-0.3, -0.25) is 9.69 Å². The molecule has 18 heavy (non-hydrogen) atoms. The van der Waals surface area contributed by atoms with Crippen LogP contribution in [0.15, 0.2) is 24.3 Å². The fraction of sp³-hybridized carbons (Fsp3) is 0.500. The molecule has 0 spiro atoms. The Hall–Kier alpha value is -1.39. The molecule has 4 nitrogen and oxygen atoms in total. The molecule has 1 aromatic carbocycles. The fourth-order valence-electron chi connectivity index (χ4n) is 2.83. The van der Waals surface area contributed by atoms with Crippen molar-refractivity contribution in [3.8, 4) is 0 Å². The van der Waals surface area contributed by atoms with E-state index in [2.05, 4.69) is 6.07 Å². The lowest BCUT2D eigenvalue weighted by Gasteiger charge is -2.21. The van der Waals surface area contributed by atoms with Crippen LogP contribution in [0.4, 0.5) is 5.69 Å². The molecule has 2 aliphatic rings. The van der Waals surface area contributed by atoms with E-state index in [0.717, 1.165) is 31.6 Å². The van der Waals surface area contributed by atoms with E-state index in [0.29, 0.717) is 13.1 Å². The normalized spacial score (nSPS) is 23.4. The smallest absolute Gasteiger partial charge is 0.241 e. The molecule has 0 unspecified atom stereocenters. The van der Waals surface area contributed by atoms with Crippen molar-refractivity contribution in [1.82, 2.24) is 4.90 Å². The Morgan fingerprint density at radius 1 is 1.33 bits per heavy atom. The Bertz CT molecular complexity index is 461. The largest absolute Gasteiger partial charge is 0.392 e. The van der Waals surface area contributed by atoms with E-state index >= 15 is 0 Å². The minimum Gasteiger partial charge on any atom is -0.392 e. The van der Waals surface area contributed by atoms with Crippen LogP contribution in [-0.4, -0.2) is 48.2 Å². The summed E-state index contributed by atoms with van der Waals surface area (Å²) in [4.78, 5) is 16.2. The van der Waals surface area contributed by atoms with Gasteiger partial charge in [0, 0.05) is 25.3 Å². The lowest BCUT2D eigenvalue weighted by atomic mass is 10.2. The summed E-state index contributed by atoms with van der Waals surface area (Å²) < 4.78 is 0. The van der Waals surface area contributed by atoms with Crippen molar-refractivity contribution in [1.29, 1.82) is 0 Å². The van der Waals surface area contributed by atoms with Crippen LogP contribution in [0.1, 0.15) is 12.0 Å². The van der Waals surface area contributed by atoms with Gasteiger partial charge in [-0.2, -0.15) is 0 Å². The lowest BCUT2D eigenvalue weighted by molar-refractivity contribution is -0.119. The average Bonchev–Trinajstić information content (AvgIpc) is 2.95. The molecular formula is C14H18N2O2. The van der Waals surface area contributed by atoms with Crippen molar-refractivity contribution in [2.24, 2.45) is 0 Å². The van der Waals surface area contributed by atoms with Gasteiger partial charge in [-0.05, 0) is 24.5 Å². The molecule has 1 aromatic rings. The first-order chi connectivity index (χ1) is 8.74. The van der Waals surface area contributed by atoms with Crippen LogP contribution in [0.2, 0.25) is 0 Å². The zero-order valence-electron chi connectivity index (χ0n) is 10.4. The summed E-state index contributed by atoms with van der Waals surface area (Å²) in [6, 6.07) is 8.09. The topological polar surface area (TPSA) is 43.8 Å². The van der Waals surface area contributed by atoms with Crippen molar-refractivity contribution in [3.05, 3.63) is 29.8 Å². The maximum absolute atomic E-state index is 12.3. The van der Waals surface area contributed by atoms with E-state index in [1.165, 1.54) is 5.56 Å². The number of aliphatic hydroxyl groups excluding tert-OH is 1. The highest BCUT2D eigenvalue weighted by atomic mass is 16.3. The molecular weight excluding hydrogens is 228 g/mol. The van der Waals surface area contributed by atoms with Crippen LogP contribution < -0.4 is 4.90 Å². The summed E-state index contributed by atoms with van der Waals surface area (Å²) in [5, 5.41) is 9.47. The number of β-amino-alcohol motifs (C(OH)–C–C–N with tert-alkyl or cyclic N) is 1. The van der Waals surface area contributed by atoms with Crippen LogP contribution in [-0.2, 0) is 11.2 Å². The minimum absolute atomic E-state index is 0.147. The summed E-state index contributed by atoms with van der Waals surface area (Å²) in [7, 11) is 0. The van der Waals surface area contributed by atoms with Crippen LogP contribution in [0.5, 0.6) is 0 Å². The van der Waals surface area contributed by atoms with Gasteiger partial charge >= 0.3 is 0 Å². The third-order valence-corrected chi connectivity index (χ3v) is 3.79. The zero-order valence-corrected chi connectivity index (χ0v) is 10.4. The molecule has 1 saturated heterocycles. The summed E-state index contributed by atoms with van der Waals surface area (Å²) in [6.45, 7) is 2.66. The maximum Gasteiger partial charge on any atom is 0.241 e. The molecule has 0 aromatic heterocycles. The van der Waals surface area contributed by atoms with E-state index in [4.69, 9.17) is 0 Å². The molecule has 96 valence electrons. The van der Waals surface area contributed by atoms with Crippen molar-refractivity contribution < 1.29 is 9.90 Å². The molecule has 1 fully saturated rings. The molecule has 0 bridgehead atoms. The fourth-order valence-corrected chi connectivity index (χ4v) is 2.83. The van der Waals surface area contributed by atoms with Crippen LogP contribution in [0.25, 0.3) is 0 Å². The number of hydrogen-bond acceptors (Lipinski definition) is 3. The van der Waals surface area contributed by atoms with E-state index in [1.54, 1.807) is 0 Å². The number of amides is 1. The highest BCUT2D eigenvalue weighted by Crippen LogP contribution is 2.27. The maximum atomic E-state index is 12.3. The number of fused-ring (bicyclic) bond motifs is 1. The Morgan fingerprint density at radius 3 is 2.94 bits per heavy atom. The molecule has 1 atom stereocenters. The second-order valence-electron chi connectivity index (χ2n) is 5.10. The third-order valence-electron chi connectivity index (χ3n) is 3.79. The first-order valence-corrected chi connectivity index (χ1v) is 6.53. The Balaban J connectivity index is 1.67. The standard InChI is InChI=1S/C14H18N2O2/c17-12-6-7-15(9-12)10-14(18)16-8-5-11-3-1-2-4-13(11)16/h1-4,12,17H,5-10H2/t12-/m1/s1. The van der Waals surface area contributed by atoms with Crippen LogP contribution in [0.3, 0.4) is 0 Å². The van der Waals surface area contributed by atoms with Gasteiger partial charge in [-0.15, -0.1) is 0 Å². The molecule has 0 saturated carbocycles. The number of carbonyl (C=O) groups excluding carboxylic acids is 1. The molecule has 2 aliphatic heterocycles. The van der Waals surface area contributed by atoms with Gasteiger partial charge in [-0.25, -0.2) is 0 Å². The molecule has 1 amide bonds. The predicted molar refractivity (Wildman–Crippen MR) is 69.6 cm³/mol. The van der Waals surface area contributed by atoms with Crippen LogP contribution in [0, 0.1) is 0 Å². The Kier molecular flexibility index (Phi) is 3.06. The van der Waals surface area contributed by atoms with Crippen molar-refractivity contribution in [3.63, 3.8) is 0 Å². The lowest BCUT2D eigenvalue weighted by Crippen LogP contribution is -2.39. The highest BCUT2D eigenvalue weighted by molar-refractivity contribution is 5.96. The number of aliphatic hydroxyl groups is 1. The number of para-hydroxylation sites is 1. The summed E-state index contributed by atoms with van der Waals surface area (Å²) in [5.74, 6) is 0.147. The Morgan fingerprint density at radius 2 is 2.17 bits per heavy atom. The van der Waals surface area contributed by atoms with E-state index in [1.807, 2.05) is 28.0 Å². The summed E-state index contributed by atoms with van der Waals surface area (Å²) in [6.07, 6.45) is 1.47. The number of benzene rings is 1. The van der Waals surface area contributed by atoms with Crippen molar-refractivity contribution >= 4 is 11.6 Å². The molecule has 3 rings (SSSR count). The molecule has 4 heteroatoms. The predicted octanol–water partition coefficient (Wildman–Crippen LogP) is 0.642. The second kappa shape index (κ2) is 4.71. The minimum atomic E-state index is -0.260. The van der Waals surface area contributed by atoms with Crippen molar-refractivity contribution in [2.45, 2.75) is 18.9 Å². The van der Waals surface area contributed by atoms with Gasteiger partial charge in [-0.1, -0.05) is 18.2 Å². The van der Waals surface area contributed by atoms with Gasteiger partial charge in [0.05, 0.1) is 12.6 Å². The number of anilines is 1. The number of likely N-dealkylation sites (tertiary alicyclic amines) is 1. The third kappa shape index (κ3) is 2.13. The molecule has 0 radical (unpaired) electrons. The molecule has 0 aliphatic carbocycles. The van der Waals surface area contributed by atoms with E-state index in [9.17, 15) is 9.90 Å². The molecule has 1 N–H and O–H groups in total. The number of rotatable bonds is 2. The Labute approximate surface area is 107 Å². The quantitative estimate of drug-likeness (QED) is 0.833. The first kappa shape index (κ1) is 11.7. The molecule has 2 heterocycles. The number of carbonyl (C=O) groups is 1. The SMILES string of the molecule is O=C(CN1CC[C@@H](O)C1)N1CCc2ccccc21. The second-order valence-corrected chi connectivity index (χ2v) is 5.10. The monoisotopic (exact) mass is 246 g/mol. The van der Waals surface area contributed by atoms with Gasteiger partial charge in [0.25, 0.3) is 0 Å². The van der Waals surface area contributed by atoms with E-state index in [-0.39, 0.29) is 12.0 Å². The van der Waals surface area contributed by atoms with E-state index < -0.39 is 0 Å². The first-order valence-electron chi connectivity index (χ1n) is 6.53. The zero-order chi connectivity index (χ0) is 12.5. The van der Waals surface area contributed by atoms with Crippen molar-refractivity contribution in [2.75, 3.05) is 31.1 Å². The highest BCUT2D eigenvalue weighted by Gasteiger charge is 2.28. The van der Waals surface area contributed by atoms with Crippen LogP contribution >= 0.6 is 0 Å². The average molecular weight is 246 g/mol. The number of nitrogens with zero attached hydrogens (tertiary/aromatic N) is 2. The van der Waals surface area contributed by atoms with Gasteiger partial charge in [0.2, 0.25) is 5.91 Å². The van der Waals surface area contributed by atoms with Gasteiger partial charge in [0.15, 0.2) is 0 Å². The van der Waals surface area contributed by atoms with Gasteiger partial charge in [0.1, 0.15) is 0 Å². The summed E-state index contributed by atoms with van der Waals surface area (Å²) >= 11 is 0. The number of hydrogen-bond donors (Lipinski definition) is 1.